The van der Waals surface area contributed by atoms with Crippen molar-refractivity contribution in [3.8, 4) is 0 Å². The van der Waals surface area contributed by atoms with E-state index >= 15 is 0 Å². The van der Waals surface area contributed by atoms with E-state index < -0.39 is 83.2 Å². The minimum atomic E-state index is -1.55. The summed E-state index contributed by atoms with van der Waals surface area (Å²) >= 11 is 12.7. The maximum atomic E-state index is 13.5. The number of amides is 5. The summed E-state index contributed by atoms with van der Waals surface area (Å²) in [6.45, 7) is 2.05. The molecule has 14 heteroatoms. The first kappa shape index (κ1) is 30.6. The molecule has 0 aromatic heterocycles. The van der Waals surface area contributed by atoms with E-state index in [0.717, 1.165) is 4.90 Å². The second-order valence-corrected chi connectivity index (χ2v) is 10.6. The standard InChI is InChI=1S/C25H33Cl2N5O7/c1-3-15-25(39)32-10-14(26)19(27)21(32)24(38)31-20(12(2)34)23(37)30-17(11-33)22(36)29-16(9-18(35)28-15)13-7-5-4-6-8-13/h4-8,12,14-17,19-21,33-34H,3,9-11H2,1-2H3,(H,28,35)(H,29,36)(H,30,37)(H,31,38)/t12-,14+,15-,16+,17-,19+,20+,21-/m0/s1. The Labute approximate surface area is 235 Å². The number of hydrogen-bond acceptors (Lipinski definition) is 7. The normalized spacial score (nSPS) is 32.0. The Hall–Kier alpha value is -2.93. The Morgan fingerprint density at radius 2 is 1.62 bits per heavy atom. The predicted octanol–water partition coefficient (Wildman–Crippen LogP) is -1.09. The molecule has 0 saturated carbocycles. The van der Waals surface area contributed by atoms with Crippen LogP contribution in [0.4, 0.5) is 0 Å². The van der Waals surface area contributed by atoms with Gasteiger partial charge in [0.1, 0.15) is 24.2 Å². The van der Waals surface area contributed by atoms with Crippen molar-refractivity contribution < 1.29 is 34.2 Å². The smallest absolute Gasteiger partial charge is 0.245 e. The van der Waals surface area contributed by atoms with Crippen LogP contribution in [-0.2, 0) is 24.0 Å². The van der Waals surface area contributed by atoms with Crippen molar-refractivity contribution in [1.29, 1.82) is 0 Å². The van der Waals surface area contributed by atoms with Crippen LogP contribution >= 0.6 is 23.2 Å². The lowest BCUT2D eigenvalue weighted by atomic mass is 10.0. The molecule has 2 heterocycles. The summed E-state index contributed by atoms with van der Waals surface area (Å²) in [7, 11) is 0. The third-order valence-corrected chi connectivity index (χ3v) is 7.81. The lowest BCUT2D eigenvalue weighted by molar-refractivity contribution is -0.143. The van der Waals surface area contributed by atoms with Gasteiger partial charge in [0, 0.05) is 6.54 Å². The van der Waals surface area contributed by atoms with Crippen molar-refractivity contribution in [2.24, 2.45) is 0 Å². The van der Waals surface area contributed by atoms with E-state index in [1.165, 1.54) is 6.92 Å². The highest BCUT2D eigenvalue weighted by atomic mass is 35.5. The molecule has 0 spiro atoms. The van der Waals surface area contributed by atoms with E-state index in [2.05, 4.69) is 21.3 Å². The van der Waals surface area contributed by atoms with Crippen LogP contribution in [-0.4, -0.2) is 98.8 Å². The summed E-state index contributed by atoms with van der Waals surface area (Å²) in [5.74, 6) is -3.75. The van der Waals surface area contributed by atoms with Crippen LogP contribution in [0.25, 0.3) is 0 Å². The molecule has 0 aliphatic carbocycles. The monoisotopic (exact) mass is 585 g/mol. The molecule has 5 amide bonds. The van der Waals surface area contributed by atoms with Crippen molar-refractivity contribution in [1.82, 2.24) is 26.2 Å². The van der Waals surface area contributed by atoms with Gasteiger partial charge in [0.05, 0.1) is 35.9 Å². The third-order valence-electron chi connectivity index (χ3n) is 6.73. The minimum absolute atomic E-state index is 0.0835. The van der Waals surface area contributed by atoms with Crippen molar-refractivity contribution in [2.75, 3.05) is 13.2 Å². The zero-order chi connectivity index (χ0) is 28.9. The summed E-state index contributed by atoms with van der Waals surface area (Å²) in [6, 6.07) is 2.39. The van der Waals surface area contributed by atoms with Crippen LogP contribution in [0, 0.1) is 0 Å². The van der Waals surface area contributed by atoms with Crippen LogP contribution in [0.2, 0.25) is 0 Å². The molecule has 1 aromatic carbocycles. The van der Waals surface area contributed by atoms with E-state index in [1.807, 2.05) is 0 Å². The van der Waals surface area contributed by atoms with Gasteiger partial charge in [0.2, 0.25) is 29.5 Å². The number of halogens is 2. The fourth-order valence-corrected chi connectivity index (χ4v) is 5.19. The maximum absolute atomic E-state index is 13.5. The molecule has 12 nitrogen and oxygen atoms in total. The molecule has 3 rings (SSSR count). The summed E-state index contributed by atoms with van der Waals surface area (Å²) in [6.07, 6.45) is -1.49. The topological polar surface area (TPSA) is 177 Å². The second kappa shape index (κ2) is 13.4. The number of carbonyl (C=O) groups excluding carboxylic acids is 5. The third kappa shape index (κ3) is 7.18. The molecule has 2 aliphatic rings. The highest BCUT2D eigenvalue weighted by Crippen LogP contribution is 2.29. The van der Waals surface area contributed by atoms with Gasteiger partial charge in [0.15, 0.2) is 0 Å². The van der Waals surface area contributed by atoms with Gasteiger partial charge in [-0.15, -0.1) is 23.2 Å². The zero-order valence-electron chi connectivity index (χ0n) is 21.5. The first-order valence-corrected chi connectivity index (χ1v) is 13.5. The molecule has 0 unspecified atom stereocenters. The summed E-state index contributed by atoms with van der Waals surface area (Å²) in [5.41, 5.74) is 0.577. The number of aliphatic hydroxyl groups is 2. The van der Waals surface area contributed by atoms with Crippen LogP contribution in [0.3, 0.4) is 0 Å². The summed E-state index contributed by atoms with van der Waals surface area (Å²) in [4.78, 5) is 67.1. The predicted molar refractivity (Wildman–Crippen MR) is 142 cm³/mol. The molecule has 0 bridgehead atoms. The fraction of sp³-hybridized carbons (Fsp3) is 0.560. The van der Waals surface area contributed by atoms with Gasteiger partial charge in [-0.3, -0.25) is 24.0 Å². The van der Waals surface area contributed by atoms with Gasteiger partial charge in [-0.05, 0) is 18.9 Å². The summed E-state index contributed by atoms with van der Waals surface area (Å²) < 4.78 is 0. The Morgan fingerprint density at radius 1 is 0.949 bits per heavy atom. The van der Waals surface area contributed by atoms with Crippen molar-refractivity contribution in [2.45, 2.75) is 73.8 Å². The minimum Gasteiger partial charge on any atom is -0.394 e. The van der Waals surface area contributed by atoms with Crippen molar-refractivity contribution in [3.05, 3.63) is 35.9 Å². The maximum Gasteiger partial charge on any atom is 0.245 e. The number of hydrogen-bond donors (Lipinski definition) is 6. The lowest BCUT2D eigenvalue weighted by Gasteiger charge is -2.32. The van der Waals surface area contributed by atoms with E-state index in [1.54, 1.807) is 37.3 Å². The Kier molecular flexibility index (Phi) is 10.5. The van der Waals surface area contributed by atoms with Gasteiger partial charge in [-0.2, -0.15) is 0 Å². The average molecular weight is 586 g/mol. The highest BCUT2D eigenvalue weighted by molar-refractivity contribution is 6.32. The highest BCUT2D eigenvalue weighted by Gasteiger charge is 2.48. The quantitative estimate of drug-likeness (QED) is 0.243. The molecule has 6 N–H and O–H groups in total. The van der Waals surface area contributed by atoms with Crippen LogP contribution in [0.1, 0.15) is 38.3 Å². The van der Waals surface area contributed by atoms with Gasteiger partial charge in [-0.25, -0.2) is 0 Å². The molecule has 0 radical (unpaired) electrons. The first-order chi connectivity index (χ1) is 18.5. The number of carbonyl (C=O) groups is 5. The van der Waals surface area contributed by atoms with Crippen molar-refractivity contribution in [3.63, 3.8) is 0 Å². The molecule has 2 saturated heterocycles. The first-order valence-electron chi connectivity index (χ1n) is 12.6. The number of nitrogens with one attached hydrogen (secondary N) is 4. The molecule has 1 aromatic rings. The second-order valence-electron chi connectivity index (χ2n) is 9.57. The molecule has 8 atom stereocenters. The Bertz CT molecular complexity index is 1080. The molecular weight excluding hydrogens is 553 g/mol. The van der Waals surface area contributed by atoms with E-state index in [9.17, 15) is 34.2 Å². The van der Waals surface area contributed by atoms with Crippen molar-refractivity contribution >= 4 is 52.7 Å². The average Bonchev–Trinajstić information content (AvgIpc) is 3.21. The molecule has 2 fully saturated rings. The zero-order valence-corrected chi connectivity index (χ0v) is 23.0. The van der Waals surface area contributed by atoms with Gasteiger partial charge in [-0.1, -0.05) is 37.3 Å². The fourth-order valence-electron chi connectivity index (χ4n) is 4.57. The Morgan fingerprint density at radius 3 is 2.21 bits per heavy atom. The molecule has 214 valence electrons. The number of aliphatic hydroxyl groups excluding tert-OH is 2. The number of fused-ring (bicyclic) bond motifs is 1. The number of rotatable bonds is 4. The lowest BCUT2D eigenvalue weighted by Crippen LogP contribution is -2.62. The summed E-state index contributed by atoms with van der Waals surface area (Å²) in [5, 5.41) is 28.3. The number of nitrogens with zero attached hydrogens (tertiary/aromatic N) is 1. The molecule has 2 aliphatic heterocycles. The largest absolute Gasteiger partial charge is 0.394 e. The number of benzene rings is 1. The van der Waals surface area contributed by atoms with E-state index in [4.69, 9.17) is 23.2 Å². The van der Waals surface area contributed by atoms with E-state index in [0.29, 0.717) is 5.56 Å². The van der Waals surface area contributed by atoms with Gasteiger partial charge < -0.3 is 36.4 Å². The van der Waals surface area contributed by atoms with Crippen LogP contribution in [0.5, 0.6) is 0 Å². The van der Waals surface area contributed by atoms with Crippen LogP contribution < -0.4 is 21.3 Å². The Balaban J connectivity index is 2.02. The van der Waals surface area contributed by atoms with Crippen LogP contribution in [0.15, 0.2) is 30.3 Å². The van der Waals surface area contributed by atoms with Gasteiger partial charge >= 0.3 is 0 Å². The SMILES string of the molecule is CC[C@@H]1NC(=O)C[C@H](c2ccccc2)NC(=O)[C@H](CO)NC(=O)[C@@H]([C@H](C)O)NC(=O)[C@@H]2[C@H](Cl)[C@H](Cl)CN2C1=O. The van der Waals surface area contributed by atoms with E-state index in [-0.39, 0.29) is 19.4 Å². The molecular formula is C25H33Cl2N5O7. The number of alkyl halides is 2. The molecule has 39 heavy (non-hydrogen) atoms. The van der Waals surface area contributed by atoms with Gasteiger partial charge in [0.25, 0.3) is 0 Å².